The van der Waals surface area contributed by atoms with Gasteiger partial charge in [0.05, 0.1) is 13.0 Å². The number of hydrogen-bond donors (Lipinski definition) is 0. The van der Waals surface area contributed by atoms with Gasteiger partial charge >= 0.3 is 17.9 Å². The molecule has 35 heavy (non-hydrogen) atoms. The van der Waals surface area contributed by atoms with Crippen molar-refractivity contribution in [2.75, 3.05) is 13.7 Å². The van der Waals surface area contributed by atoms with E-state index in [0.717, 1.165) is 18.4 Å². The van der Waals surface area contributed by atoms with Crippen molar-refractivity contribution < 1.29 is 38.2 Å². The Balaban J connectivity index is 1.81. The van der Waals surface area contributed by atoms with E-state index in [9.17, 15) is 24.0 Å². The molecule has 3 saturated carbocycles. The Kier molecular flexibility index (Phi) is 6.31. The number of Topliss-reactive ketones (excluding diaryl/α,β-unsaturated/α-hetero) is 1. The van der Waals surface area contributed by atoms with Crippen LogP contribution in [0.4, 0.5) is 0 Å². The monoisotopic (exact) mass is 486 g/mol. The summed E-state index contributed by atoms with van der Waals surface area (Å²) in [6.07, 6.45) is 7.91. The van der Waals surface area contributed by atoms with Gasteiger partial charge in [0.1, 0.15) is 0 Å². The maximum atomic E-state index is 13.6. The lowest BCUT2D eigenvalue weighted by Crippen LogP contribution is -2.62. The smallest absolute Gasteiger partial charge is 0.309 e. The highest BCUT2D eigenvalue weighted by atomic mass is 16.6. The van der Waals surface area contributed by atoms with Gasteiger partial charge in [-0.05, 0) is 62.0 Å². The van der Waals surface area contributed by atoms with E-state index in [2.05, 4.69) is 6.92 Å². The fourth-order valence-electron chi connectivity index (χ4n) is 7.96. The summed E-state index contributed by atoms with van der Waals surface area (Å²) in [4.78, 5) is 62.6. The average Bonchev–Trinajstić information content (AvgIpc) is 3.09. The quantitative estimate of drug-likeness (QED) is 0.430. The van der Waals surface area contributed by atoms with Crippen LogP contribution < -0.4 is 0 Å². The molecule has 190 valence electrons. The Morgan fingerprint density at radius 3 is 2.43 bits per heavy atom. The molecule has 0 spiro atoms. The second kappa shape index (κ2) is 8.71. The summed E-state index contributed by atoms with van der Waals surface area (Å²) in [6.45, 7) is 6.01. The molecule has 0 amide bonds. The molecule has 7 atom stereocenters. The molecule has 0 N–H and O–H groups in total. The van der Waals surface area contributed by atoms with E-state index in [1.165, 1.54) is 21.0 Å². The number of ether oxygens (including phenoxy) is 3. The van der Waals surface area contributed by atoms with Crippen molar-refractivity contribution in [2.24, 2.45) is 34.5 Å². The number of carbonyl (C=O) groups is 5. The molecule has 0 unspecified atom stereocenters. The molecule has 4 aliphatic carbocycles. The average molecular weight is 487 g/mol. The van der Waals surface area contributed by atoms with Crippen molar-refractivity contribution >= 4 is 29.5 Å². The molecular formula is C27H34O8. The second-order valence-electron chi connectivity index (χ2n) is 10.9. The zero-order chi connectivity index (χ0) is 25.8. The highest BCUT2D eigenvalue weighted by Gasteiger charge is 2.71. The van der Waals surface area contributed by atoms with Crippen LogP contribution in [-0.2, 0) is 38.2 Å². The van der Waals surface area contributed by atoms with E-state index in [1.807, 2.05) is 13.0 Å². The van der Waals surface area contributed by atoms with E-state index in [4.69, 9.17) is 14.2 Å². The van der Waals surface area contributed by atoms with Crippen LogP contribution in [0.3, 0.4) is 0 Å². The van der Waals surface area contributed by atoms with E-state index in [-0.39, 0.29) is 35.9 Å². The summed E-state index contributed by atoms with van der Waals surface area (Å²) in [7, 11) is 1.35. The molecule has 0 aliphatic heterocycles. The summed E-state index contributed by atoms with van der Waals surface area (Å²) in [6, 6.07) is 0. The van der Waals surface area contributed by atoms with Gasteiger partial charge in [-0.15, -0.1) is 0 Å². The Morgan fingerprint density at radius 2 is 1.80 bits per heavy atom. The first-order valence-corrected chi connectivity index (χ1v) is 12.3. The standard InChI is InChI=1S/C27H34O8/c1-15(28)34-14-22(31)27(35-16(2)29)11-9-21-19-7-6-17-12-18(30)8-10-25(17,3)23(19)20(24(32)33-5)13-26(21,27)4/h8,10,12,19-21,23H,6-7,9,11,13-14H2,1-5H3/t19-,20+,21+,23+,25-,26+,27-/m0/s1. The largest absolute Gasteiger partial charge is 0.469 e. The summed E-state index contributed by atoms with van der Waals surface area (Å²) >= 11 is 0. The fraction of sp³-hybridized carbons (Fsp3) is 0.667. The maximum absolute atomic E-state index is 13.6. The molecule has 8 nitrogen and oxygen atoms in total. The lowest BCUT2D eigenvalue weighted by molar-refractivity contribution is -0.197. The molecule has 0 aromatic carbocycles. The Bertz CT molecular complexity index is 1040. The van der Waals surface area contributed by atoms with E-state index in [0.29, 0.717) is 12.8 Å². The second-order valence-corrected chi connectivity index (χ2v) is 10.9. The minimum atomic E-state index is -1.49. The molecule has 0 radical (unpaired) electrons. The maximum Gasteiger partial charge on any atom is 0.309 e. The molecule has 0 saturated heterocycles. The highest BCUT2D eigenvalue weighted by Crippen LogP contribution is 2.69. The van der Waals surface area contributed by atoms with E-state index < -0.39 is 46.7 Å². The molecule has 0 aromatic rings. The number of fused-ring (bicyclic) bond motifs is 5. The number of allylic oxidation sites excluding steroid dienone is 4. The van der Waals surface area contributed by atoms with Gasteiger partial charge in [0.15, 0.2) is 18.0 Å². The van der Waals surface area contributed by atoms with Crippen LogP contribution in [0.2, 0.25) is 0 Å². The van der Waals surface area contributed by atoms with Gasteiger partial charge in [-0.25, -0.2) is 0 Å². The minimum absolute atomic E-state index is 0.00145. The topological polar surface area (TPSA) is 113 Å². The first kappa shape index (κ1) is 25.3. The summed E-state index contributed by atoms with van der Waals surface area (Å²) in [5.74, 6) is -2.68. The van der Waals surface area contributed by atoms with Crippen LogP contribution in [0.5, 0.6) is 0 Å². The highest BCUT2D eigenvalue weighted by molar-refractivity contribution is 6.01. The minimum Gasteiger partial charge on any atom is -0.469 e. The van der Waals surface area contributed by atoms with Crippen LogP contribution in [-0.4, -0.2) is 48.8 Å². The SMILES string of the molecule is COC(=O)[C@@H]1C[C@]2(C)[C@H](CC[C@]2(OC(C)=O)C(=O)COC(C)=O)[C@@H]2CCC3=CC(=O)C=C[C@]3(C)[C@H]21. The van der Waals surface area contributed by atoms with Crippen LogP contribution in [0.1, 0.15) is 59.8 Å². The first-order chi connectivity index (χ1) is 16.4. The van der Waals surface area contributed by atoms with Crippen molar-refractivity contribution in [1.29, 1.82) is 0 Å². The third kappa shape index (κ3) is 3.76. The molecule has 8 heteroatoms. The normalized spacial score (nSPS) is 39.5. The van der Waals surface area contributed by atoms with Crippen LogP contribution in [0, 0.1) is 34.5 Å². The first-order valence-electron chi connectivity index (χ1n) is 12.3. The van der Waals surface area contributed by atoms with Crippen molar-refractivity contribution in [3.8, 4) is 0 Å². The molecular weight excluding hydrogens is 452 g/mol. The lowest BCUT2D eigenvalue weighted by atomic mass is 9.44. The van der Waals surface area contributed by atoms with Crippen molar-refractivity contribution in [3.63, 3.8) is 0 Å². The van der Waals surface area contributed by atoms with Gasteiger partial charge in [-0.3, -0.25) is 24.0 Å². The van der Waals surface area contributed by atoms with E-state index in [1.54, 1.807) is 12.2 Å². The molecule has 0 bridgehead atoms. The number of carbonyl (C=O) groups excluding carboxylic acids is 5. The molecule has 4 rings (SSSR count). The molecule has 4 aliphatic rings. The number of esters is 3. The zero-order valence-electron chi connectivity index (χ0n) is 21.1. The third-order valence-corrected chi connectivity index (χ3v) is 9.32. The Labute approximate surface area is 205 Å². The summed E-state index contributed by atoms with van der Waals surface area (Å²) < 4.78 is 16.1. The fourth-order valence-corrected chi connectivity index (χ4v) is 7.96. The number of hydrogen-bond acceptors (Lipinski definition) is 8. The molecule has 0 heterocycles. The van der Waals surface area contributed by atoms with Gasteiger partial charge in [0.25, 0.3) is 0 Å². The van der Waals surface area contributed by atoms with Crippen LogP contribution >= 0.6 is 0 Å². The lowest BCUT2D eigenvalue weighted by Gasteiger charge is -2.60. The predicted octanol–water partition coefficient (Wildman–Crippen LogP) is 3.13. The van der Waals surface area contributed by atoms with Gasteiger partial charge in [0, 0.05) is 24.7 Å². The molecule has 3 fully saturated rings. The Morgan fingerprint density at radius 1 is 1.09 bits per heavy atom. The third-order valence-electron chi connectivity index (χ3n) is 9.32. The number of ketones is 2. The van der Waals surface area contributed by atoms with Crippen molar-refractivity contribution in [2.45, 2.75) is 65.4 Å². The van der Waals surface area contributed by atoms with Crippen molar-refractivity contribution in [1.82, 2.24) is 0 Å². The van der Waals surface area contributed by atoms with Crippen LogP contribution in [0.15, 0.2) is 23.8 Å². The van der Waals surface area contributed by atoms with Gasteiger partial charge in [0.2, 0.25) is 5.78 Å². The summed E-state index contributed by atoms with van der Waals surface area (Å²) in [5, 5.41) is 0. The predicted molar refractivity (Wildman–Crippen MR) is 124 cm³/mol. The zero-order valence-corrected chi connectivity index (χ0v) is 21.1. The number of methoxy groups -OCH3 is 1. The Hall–Kier alpha value is -2.77. The van der Waals surface area contributed by atoms with Gasteiger partial charge in [-0.1, -0.05) is 25.5 Å². The van der Waals surface area contributed by atoms with Crippen LogP contribution in [0.25, 0.3) is 0 Å². The number of rotatable bonds is 5. The molecule has 0 aromatic heterocycles. The van der Waals surface area contributed by atoms with E-state index >= 15 is 0 Å². The van der Waals surface area contributed by atoms with Crippen molar-refractivity contribution in [3.05, 3.63) is 23.8 Å². The van der Waals surface area contributed by atoms with Gasteiger partial charge in [-0.2, -0.15) is 0 Å². The van der Waals surface area contributed by atoms with Gasteiger partial charge < -0.3 is 14.2 Å². The summed E-state index contributed by atoms with van der Waals surface area (Å²) in [5.41, 5.74) is -1.79.